The molecule has 0 aromatic carbocycles. The summed E-state index contributed by atoms with van der Waals surface area (Å²) in [4.78, 5) is 0. The van der Waals surface area contributed by atoms with Crippen LogP contribution < -0.4 is 0 Å². The molecule has 0 amide bonds. The highest BCUT2D eigenvalue weighted by Gasteiger charge is 2.29. The van der Waals surface area contributed by atoms with Crippen molar-refractivity contribution in [1.82, 2.24) is 4.31 Å². The topological polar surface area (TPSA) is 37.4 Å². The van der Waals surface area contributed by atoms with Crippen LogP contribution in [0.4, 0.5) is 0 Å². The largest absolute Gasteiger partial charge is 0.214 e. The first kappa shape index (κ1) is 12.3. The molecule has 0 N–H and O–H groups in total. The maximum absolute atomic E-state index is 11.7. The second kappa shape index (κ2) is 5.33. The van der Waals surface area contributed by atoms with Crippen LogP contribution in [0.5, 0.6) is 0 Å². The zero-order chi connectivity index (χ0) is 10.6. The molecule has 0 radical (unpaired) electrons. The predicted octanol–water partition coefficient (Wildman–Crippen LogP) is 1.68. The molecule has 1 atom stereocenters. The van der Waals surface area contributed by atoms with Gasteiger partial charge in [0.05, 0.1) is 5.75 Å². The van der Waals surface area contributed by atoms with Gasteiger partial charge >= 0.3 is 0 Å². The van der Waals surface area contributed by atoms with Crippen molar-refractivity contribution in [3.63, 3.8) is 0 Å². The second-order valence-corrected chi connectivity index (χ2v) is 6.27. The Morgan fingerprint density at radius 3 is 2.79 bits per heavy atom. The van der Waals surface area contributed by atoms with Gasteiger partial charge in [-0.15, -0.1) is 11.6 Å². The number of hydrogen-bond acceptors (Lipinski definition) is 2. The normalized spacial score (nSPS) is 24.3. The molecule has 0 aromatic heterocycles. The smallest absolute Gasteiger partial charge is 0.212 e. The molecule has 0 spiro atoms. The summed E-state index contributed by atoms with van der Waals surface area (Å²) in [6.45, 7) is 3.25. The predicted molar refractivity (Wildman–Crippen MR) is 59.1 cm³/mol. The van der Waals surface area contributed by atoms with Crippen LogP contribution in [0.1, 0.15) is 26.2 Å². The van der Waals surface area contributed by atoms with Crippen LogP contribution in [-0.4, -0.2) is 37.4 Å². The average Bonchev–Trinajstić information content (AvgIpc) is 2.54. The molecule has 1 fully saturated rings. The molecule has 0 bridgehead atoms. The first-order valence-corrected chi connectivity index (χ1v) is 7.28. The maximum atomic E-state index is 11.7. The maximum Gasteiger partial charge on any atom is 0.214 e. The van der Waals surface area contributed by atoms with Gasteiger partial charge in [0.2, 0.25) is 10.0 Å². The SMILES string of the molecule is CCCS(=O)(=O)N1CCC(CCCl)C1. The third-order valence-electron chi connectivity index (χ3n) is 2.62. The molecule has 14 heavy (non-hydrogen) atoms. The highest BCUT2D eigenvalue weighted by Crippen LogP contribution is 2.22. The van der Waals surface area contributed by atoms with Crippen molar-refractivity contribution >= 4 is 21.6 Å². The Labute approximate surface area is 91.5 Å². The highest BCUT2D eigenvalue weighted by atomic mass is 35.5. The number of hydrogen-bond donors (Lipinski definition) is 0. The molecule has 1 aliphatic heterocycles. The van der Waals surface area contributed by atoms with Crippen molar-refractivity contribution in [3.05, 3.63) is 0 Å². The Kier molecular flexibility index (Phi) is 4.67. The summed E-state index contributed by atoms with van der Waals surface area (Å²) in [5, 5.41) is 0. The average molecular weight is 240 g/mol. The van der Waals surface area contributed by atoms with Crippen molar-refractivity contribution in [3.8, 4) is 0 Å². The Hall–Kier alpha value is 0.200. The van der Waals surface area contributed by atoms with E-state index >= 15 is 0 Å². The van der Waals surface area contributed by atoms with Crippen LogP contribution >= 0.6 is 11.6 Å². The van der Waals surface area contributed by atoms with Crippen LogP contribution in [0.3, 0.4) is 0 Å². The van der Waals surface area contributed by atoms with Gasteiger partial charge in [-0.1, -0.05) is 6.92 Å². The number of alkyl halides is 1. The fourth-order valence-electron chi connectivity index (χ4n) is 1.83. The van der Waals surface area contributed by atoms with E-state index in [9.17, 15) is 8.42 Å². The van der Waals surface area contributed by atoms with Crippen LogP contribution in [0, 0.1) is 5.92 Å². The van der Waals surface area contributed by atoms with Crippen molar-refractivity contribution in [2.45, 2.75) is 26.2 Å². The van der Waals surface area contributed by atoms with Crippen LogP contribution in [-0.2, 0) is 10.0 Å². The number of rotatable bonds is 5. The van der Waals surface area contributed by atoms with Gasteiger partial charge in [0.1, 0.15) is 0 Å². The summed E-state index contributed by atoms with van der Waals surface area (Å²) in [6.07, 6.45) is 2.59. The van der Waals surface area contributed by atoms with E-state index in [0.29, 0.717) is 31.3 Å². The number of halogens is 1. The standard InChI is InChI=1S/C9H18ClNO2S/c1-2-7-14(12,13)11-6-4-9(8-11)3-5-10/h9H,2-8H2,1H3. The number of nitrogens with zero attached hydrogens (tertiary/aromatic N) is 1. The quantitative estimate of drug-likeness (QED) is 0.685. The summed E-state index contributed by atoms with van der Waals surface area (Å²) in [5.41, 5.74) is 0. The van der Waals surface area contributed by atoms with Gasteiger partial charge in [0.15, 0.2) is 0 Å². The van der Waals surface area contributed by atoms with Crippen molar-refractivity contribution in [1.29, 1.82) is 0 Å². The van der Waals surface area contributed by atoms with Crippen LogP contribution in [0.15, 0.2) is 0 Å². The van der Waals surface area contributed by atoms with E-state index in [1.165, 1.54) is 0 Å². The molecule has 1 heterocycles. The van der Waals surface area contributed by atoms with Gasteiger partial charge in [-0.05, 0) is 25.2 Å². The van der Waals surface area contributed by atoms with Crippen LogP contribution in [0.25, 0.3) is 0 Å². The minimum Gasteiger partial charge on any atom is -0.212 e. The Bertz CT molecular complexity index is 266. The van der Waals surface area contributed by atoms with Gasteiger partial charge < -0.3 is 0 Å². The first-order valence-electron chi connectivity index (χ1n) is 5.14. The molecule has 3 nitrogen and oxygen atoms in total. The fraction of sp³-hybridized carbons (Fsp3) is 1.00. The molecule has 0 aromatic rings. The van der Waals surface area contributed by atoms with E-state index in [1.54, 1.807) is 4.31 Å². The zero-order valence-corrected chi connectivity index (χ0v) is 10.1. The first-order chi connectivity index (χ1) is 6.60. The summed E-state index contributed by atoms with van der Waals surface area (Å²) in [6, 6.07) is 0. The fourth-order valence-corrected chi connectivity index (χ4v) is 3.73. The second-order valence-electron chi connectivity index (χ2n) is 3.81. The molecular formula is C9H18ClNO2S. The molecule has 0 aliphatic carbocycles. The monoisotopic (exact) mass is 239 g/mol. The van der Waals surface area contributed by atoms with E-state index < -0.39 is 10.0 Å². The Balaban J connectivity index is 2.49. The lowest BCUT2D eigenvalue weighted by Gasteiger charge is -2.15. The summed E-state index contributed by atoms with van der Waals surface area (Å²) in [7, 11) is -2.97. The van der Waals surface area contributed by atoms with Crippen LogP contribution in [0.2, 0.25) is 0 Å². The van der Waals surface area contributed by atoms with E-state index in [4.69, 9.17) is 11.6 Å². The third kappa shape index (κ3) is 3.11. The van der Waals surface area contributed by atoms with Gasteiger partial charge in [0, 0.05) is 19.0 Å². The molecule has 1 unspecified atom stereocenters. The molecule has 1 saturated heterocycles. The van der Waals surface area contributed by atoms with Crippen molar-refractivity contribution in [2.75, 3.05) is 24.7 Å². The molecular weight excluding hydrogens is 222 g/mol. The number of sulfonamides is 1. The van der Waals surface area contributed by atoms with Crippen molar-refractivity contribution < 1.29 is 8.42 Å². The minimum atomic E-state index is -2.97. The zero-order valence-electron chi connectivity index (χ0n) is 8.58. The minimum absolute atomic E-state index is 0.278. The Morgan fingerprint density at radius 2 is 2.21 bits per heavy atom. The van der Waals surface area contributed by atoms with E-state index in [2.05, 4.69) is 0 Å². The van der Waals surface area contributed by atoms with E-state index in [0.717, 1.165) is 12.8 Å². The van der Waals surface area contributed by atoms with E-state index in [1.807, 2.05) is 6.92 Å². The lowest BCUT2D eigenvalue weighted by Crippen LogP contribution is -2.30. The third-order valence-corrected chi connectivity index (χ3v) is 4.88. The molecule has 1 aliphatic rings. The highest BCUT2D eigenvalue weighted by molar-refractivity contribution is 7.89. The molecule has 84 valence electrons. The lowest BCUT2D eigenvalue weighted by molar-refractivity contribution is 0.453. The van der Waals surface area contributed by atoms with Gasteiger partial charge in [-0.3, -0.25) is 0 Å². The summed E-state index contributed by atoms with van der Waals surface area (Å²) < 4.78 is 25.0. The lowest BCUT2D eigenvalue weighted by atomic mass is 10.1. The van der Waals surface area contributed by atoms with Gasteiger partial charge in [-0.25, -0.2) is 12.7 Å². The van der Waals surface area contributed by atoms with E-state index in [-0.39, 0.29) is 5.75 Å². The molecule has 1 rings (SSSR count). The molecule has 0 saturated carbocycles. The summed E-state index contributed by atoms with van der Waals surface area (Å²) >= 11 is 5.64. The molecule has 5 heteroatoms. The summed E-state index contributed by atoms with van der Waals surface area (Å²) in [5.74, 6) is 1.38. The van der Waals surface area contributed by atoms with Gasteiger partial charge in [-0.2, -0.15) is 0 Å². The van der Waals surface area contributed by atoms with Gasteiger partial charge in [0.25, 0.3) is 0 Å². The van der Waals surface area contributed by atoms with Crippen molar-refractivity contribution in [2.24, 2.45) is 5.92 Å². The Morgan fingerprint density at radius 1 is 1.50 bits per heavy atom.